The van der Waals surface area contributed by atoms with Gasteiger partial charge in [-0.05, 0) is 24.2 Å². The van der Waals surface area contributed by atoms with Gasteiger partial charge >= 0.3 is 0 Å². The normalized spacial score (nSPS) is 11.1. The highest BCUT2D eigenvalue weighted by Crippen LogP contribution is 2.28. The molecule has 2 N–H and O–H groups in total. The first-order valence-electron chi connectivity index (χ1n) is 6.84. The molecule has 0 fully saturated rings. The van der Waals surface area contributed by atoms with E-state index in [1.54, 1.807) is 11.3 Å². The number of aliphatic hydroxyl groups excluding tert-OH is 1. The number of hydrogen-bond acceptors (Lipinski definition) is 5. The highest BCUT2D eigenvalue weighted by molar-refractivity contribution is 7.15. The number of fused-ring (bicyclic) bond motifs is 1. The van der Waals surface area contributed by atoms with Crippen molar-refractivity contribution in [3.8, 4) is 11.6 Å². The summed E-state index contributed by atoms with van der Waals surface area (Å²) in [7, 11) is 0. The summed E-state index contributed by atoms with van der Waals surface area (Å²) in [5.74, 6) is 1.29. The second-order valence-electron chi connectivity index (χ2n) is 4.61. The van der Waals surface area contributed by atoms with Gasteiger partial charge in [-0.25, -0.2) is 0 Å². The molecule has 0 radical (unpaired) electrons. The van der Waals surface area contributed by atoms with Gasteiger partial charge in [0.1, 0.15) is 11.4 Å². The number of rotatable bonds is 6. The van der Waals surface area contributed by atoms with Crippen LogP contribution in [0.3, 0.4) is 0 Å². The lowest BCUT2D eigenvalue weighted by molar-refractivity contribution is 0.281. The smallest absolute Gasteiger partial charge is 0.243 e. The van der Waals surface area contributed by atoms with E-state index in [2.05, 4.69) is 17.2 Å². The number of hydrogen-bond donors (Lipinski definition) is 2. The Morgan fingerprint density at radius 2 is 2.33 bits per heavy atom. The van der Waals surface area contributed by atoms with Crippen LogP contribution in [-0.4, -0.2) is 21.0 Å². The molecule has 0 aliphatic heterocycles. The van der Waals surface area contributed by atoms with Gasteiger partial charge < -0.3 is 15.2 Å². The summed E-state index contributed by atoms with van der Waals surface area (Å²) in [6, 6.07) is 7.41. The van der Waals surface area contributed by atoms with Crippen molar-refractivity contribution in [2.75, 3.05) is 6.54 Å². The van der Waals surface area contributed by atoms with E-state index in [0.717, 1.165) is 22.8 Å². The van der Waals surface area contributed by atoms with E-state index in [1.165, 1.54) is 0 Å². The SMILES string of the molecule is CCNCc1c(Oc2cccc(CO)c2)nc2sccn12. The summed E-state index contributed by atoms with van der Waals surface area (Å²) < 4.78 is 7.96. The molecule has 0 aliphatic rings. The van der Waals surface area contributed by atoms with Crippen LogP contribution in [-0.2, 0) is 13.2 Å². The van der Waals surface area contributed by atoms with Crippen molar-refractivity contribution >= 4 is 16.3 Å². The van der Waals surface area contributed by atoms with Crippen LogP contribution in [0.15, 0.2) is 35.8 Å². The van der Waals surface area contributed by atoms with Gasteiger partial charge in [0.2, 0.25) is 5.88 Å². The van der Waals surface area contributed by atoms with Gasteiger partial charge in [-0.1, -0.05) is 19.1 Å². The Morgan fingerprint density at radius 1 is 1.43 bits per heavy atom. The van der Waals surface area contributed by atoms with Crippen LogP contribution in [0, 0.1) is 0 Å². The first kappa shape index (κ1) is 14.1. The molecular formula is C15H17N3O2S. The van der Waals surface area contributed by atoms with Crippen LogP contribution in [0.2, 0.25) is 0 Å². The van der Waals surface area contributed by atoms with Crippen molar-refractivity contribution < 1.29 is 9.84 Å². The molecular weight excluding hydrogens is 286 g/mol. The fourth-order valence-electron chi connectivity index (χ4n) is 2.12. The first-order valence-corrected chi connectivity index (χ1v) is 7.72. The van der Waals surface area contributed by atoms with Crippen LogP contribution in [0.4, 0.5) is 0 Å². The maximum atomic E-state index is 9.20. The molecule has 0 aliphatic carbocycles. The number of ether oxygens (including phenoxy) is 1. The van der Waals surface area contributed by atoms with E-state index in [1.807, 2.05) is 40.2 Å². The predicted molar refractivity (Wildman–Crippen MR) is 82.9 cm³/mol. The van der Waals surface area contributed by atoms with Crippen LogP contribution < -0.4 is 10.1 Å². The maximum absolute atomic E-state index is 9.20. The van der Waals surface area contributed by atoms with Gasteiger partial charge in [0.15, 0.2) is 4.96 Å². The molecule has 3 aromatic rings. The minimum Gasteiger partial charge on any atom is -0.437 e. The Balaban J connectivity index is 1.93. The zero-order chi connectivity index (χ0) is 14.7. The second-order valence-corrected chi connectivity index (χ2v) is 5.48. The fraction of sp³-hybridized carbons (Fsp3) is 0.267. The molecule has 0 saturated carbocycles. The molecule has 0 saturated heterocycles. The van der Waals surface area contributed by atoms with Gasteiger partial charge in [-0.2, -0.15) is 4.98 Å². The van der Waals surface area contributed by atoms with Crippen LogP contribution in [0.1, 0.15) is 18.2 Å². The van der Waals surface area contributed by atoms with Crippen molar-refractivity contribution in [2.24, 2.45) is 0 Å². The molecule has 110 valence electrons. The number of thiazole rings is 1. The number of aliphatic hydroxyl groups is 1. The van der Waals surface area contributed by atoms with E-state index < -0.39 is 0 Å². The predicted octanol–water partition coefficient (Wildman–Crippen LogP) is 2.79. The zero-order valence-electron chi connectivity index (χ0n) is 11.7. The molecule has 21 heavy (non-hydrogen) atoms. The minimum absolute atomic E-state index is 0.000270. The zero-order valence-corrected chi connectivity index (χ0v) is 12.6. The summed E-state index contributed by atoms with van der Waals surface area (Å²) in [5, 5.41) is 14.5. The van der Waals surface area contributed by atoms with Gasteiger partial charge in [0.25, 0.3) is 0 Å². The monoisotopic (exact) mass is 303 g/mol. The summed E-state index contributed by atoms with van der Waals surface area (Å²) >= 11 is 1.58. The molecule has 0 atom stereocenters. The maximum Gasteiger partial charge on any atom is 0.243 e. The molecule has 0 bridgehead atoms. The third-order valence-corrected chi connectivity index (χ3v) is 3.92. The Bertz CT molecular complexity index is 735. The average Bonchev–Trinajstić information content (AvgIpc) is 3.07. The molecule has 3 rings (SSSR count). The number of benzene rings is 1. The lowest BCUT2D eigenvalue weighted by Crippen LogP contribution is -2.13. The Kier molecular flexibility index (Phi) is 4.19. The molecule has 6 heteroatoms. The lowest BCUT2D eigenvalue weighted by Gasteiger charge is -2.07. The number of nitrogens with one attached hydrogen (secondary N) is 1. The number of nitrogens with zero attached hydrogens (tertiary/aromatic N) is 2. The molecule has 5 nitrogen and oxygen atoms in total. The van der Waals surface area contributed by atoms with Crippen molar-refractivity contribution in [1.29, 1.82) is 0 Å². The van der Waals surface area contributed by atoms with Crippen LogP contribution in [0.5, 0.6) is 11.6 Å². The van der Waals surface area contributed by atoms with Crippen molar-refractivity contribution in [3.05, 3.63) is 47.1 Å². The highest BCUT2D eigenvalue weighted by atomic mass is 32.1. The Labute approximate surface area is 126 Å². The van der Waals surface area contributed by atoms with E-state index >= 15 is 0 Å². The quantitative estimate of drug-likeness (QED) is 0.735. The number of imidazole rings is 1. The Hall–Kier alpha value is -1.89. The van der Waals surface area contributed by atoms with E-state index in [9.17, 15) is 5.11 Å². The Morgan fingerprint density at radius 3 is 3.14 bits per heavy atom. The molecule has 0 spiro atoms. The minimum atomic E-state index is -0.000270. The first-order chi connectivity index (χ1) is 10.3. The van der Waals surface area contributed by atoms with E-state index in [4.69, 9.17) is 4.74 Å². The van der Waals surface area contributed by atoms with Crippen LogP contribution >= 0.6 is 11.3 Å². The van der Waals surface area contributed by atoms with Crippen molar-refractivity contribution in [3.63, 3.8) is 0 Å². The number of aromatic nitrogens is 2. The average molecular weight is 303 g/mol. The molecule has 1 aromatic carbocycles. The van der Waals surface area contributed by atoms with Gasteiger partial charge in [0, 0.05) is 18.1 Å². The van der Waals surface area contributed by atoms with Crippen molar-refractivity contribution in [2.45, 2.75) is 20.1 Å². The molecule has 0 amide bonds. The summed E-state index contributed by atoms with van der Waals surface area (Å²) in [4.78, 5) is 5.45. The highest BCUT2D eigenvalue weighted by Gasteiger charge is 2.14. The summed E-state index contributed by atoms with van der Waals surface area (Å²) in [6.07, 6.45) is 2.00. The van der Waals surface area contributed by atoms with Gasteiger partial charge in [-0.3, -0.25) is 4.40 Å². The van der Waals surface area contributed by atoms with Gasteiger partial charge in [0.05, 0.1) is 6.61 Å². The van der Waals surface area contributed by atoms with Crippen LogP contribution in [0.25, 0.3) is 4.96 Å². The third-order valence-electron chi connectivity index (χ3n) is 3.16. The van der Waals surface area contributed by atoms with Gasteiger partial charge in [-0.15, -0.1) is 11.3 Å². The molecule has 2 heterocycles. The summed E-state index contributed by atoms with van der Waals surface area (Å²) in [5.41, 5.74) is 1.82. The topological polar surface area (TPSA) is 58.8 Å². The van der Waals surface area contributed by atoms with E-state index in [-0.39, 0.29) is 6.61 Å². The fourth-order valence-corrected chi connectivity index (χ4v) is 2.84. The standard InChI is InChI=1S/C15H17N3O2S/c1-2-16-9-13-14(17-15-18(13)6-7-21-15)20-12-5-3-4-11(8-12)10-19/h3-8,16,19H,2,9-10H2,1H3. The third kappa shape index (κ3) is 2.92. The summed E-state index contributed by atoms with van der Waals surface area (Å²) in [6.45, 7) is 3.65. The largest absolute Gasteiger partial charge is 0.437 e. The molecule has 0 unspecified atom stereocenters. The lowest BCUT2D eigenvalue weighted by atomic mass is 10.2. The molecule has 2 aromatic heterocycles. The van der Waals surface area contributed by atoms with Crippen molar-refractivity contribution in [1.82, 2.24) is 14.7 Å². The van der Waals surface area contributed by atoms with E-state index in [0.29, 0.717) is 18.2 Å². The second kappa shape index (κ2) is 6.26.